The monoisotopic (exact) mass is 586 g/mol. The number of unbranched alkanes of at least 4 members (excludes halogenated alkanes) is 14. The van der Waals surface area contributed by atoms with Crippen molar-refractivity contribution in [2.75, 3.05) is 5.32 Å². The van der Waals surface area contributed by atoms with Gasteiger partial charge in [0.1, 0.15) is 5.92 Å². The van der Waals surface area contributed by atoms with E-state index in [1.54, 1.807) is 36.4 Å². The summed E-state index contributed by atoms with van der Waals surface area (Å²) in [6.07, 6.45) is 18.7. The van der Waals surface area contributed by atoms with Gasteiger partial charge in [0, 0.05) is 23.3 Å². The lowest BCUT2D eigenvalue weighted by Gasteiger charge is -2.14. The summed E-state index contributed by atoms with van der Waals surface area (Å²) in [5.41, 5.74) is 1.33. The van der Waals surface area contributed by atoms with Gasteiger partial charge in [0.05, 0.1) is 10.6 Å². The van der Waals surface area contributed by atoms with Crippen LogP contribution in [0, 0.1) is 39.7 Å². The predicted molar refractivity (Wildman–Crippen MR) is 173 cm³/mol. The zero-order valence-electron chi connectivity index (χ0n) is 25.5. The van der Waals surface area contributed by atoms with E-state index in [1.165, 1.54) is 82.8 Å². The van der Waals surface area contributed by atoms with Crippen molar-refractivity contribution in [2.24, 2.45) is 5.92 Å². The number of carboxylic acid groups (broad SMARTS) is 1. The molecule has 2 N–H and O–H groups in total. The third-order valence-electron chi connectivity index (χ3n) is 7.42. The second-order valence-electron chi connectivity index (χ2n) is 11.0. The smallest absolute Gasteiger partial charge is 0.316 e. The van der Waals surface area contributed by atoms with Gasteiger partial charge in [0.2, 0.25) is 5.91 Å². The van der Waals surface area contributed by atoms with Crippen LogP contribution in [0.4, 0.5) is 11.4 Å². The maximum Gasteiger partial charge on any atom is 0.316 e. The first kappa shape index (κ1) is 35.1. The molecule has 0 aromatic heterocycles. The number of nitrogens with one attached hydrogen (secondary N) is 1. The summed E-state index contributed by atoms with van der Waals surface area (Å²) in [7, 11) is 0. The number of benzene rings is 2. The molecule has 0 aliphatic carbocycles. The molecule has 0 saturated carbocycles. The largest absolute Gasteiger partial charge is 0.481 e. The molecule has 2 aromatic carbocycles. The Morgan fingerprint density at radius 2 is 1.35 bits per heavy atom. The van der Waals surface area contributed by atoms with Crippen LogP contribution < -0.4 is 5.32 Å². The molecule has 43 heavy (non-hydrogen) atoms. The Bertz CT molecular complexity index is 1280. The highest BCUT2D eigenvalue weighted by Crippen LogP contribution is 2.19. The first-order chi connectivity index (χ1) is 20.9. The molecule has 0 aliphatic heterocycles. The van der Waals surface area contributed by atoms with E-state index < -0.39 is 22.7 Å². The van der Waals surface area contributed by atoms with Crippen LogP contribution in [0.1, 0.15) is 121 Å². The van der Waals surface area contributed by atoms with Gasteiger partial charge < -0.3 is 10.4 Å². The first-order valence-electron chi connectivity index (χ1n) is 15.8. The van der Waals surface area contributed by atoms with Gasteiger partial charge in [-0.1, -0.05) is 133 Å². The molecule has 0 bridgehead atoms. The Kier molecular flexibility index (Phi) is 17.6. The number of para-hydroxylation sites is 1. The van der Waals surface area contributed by atoms with Gasteiger partial charge in [-0.3, -0.25) is 19.7 Å². The summed E-state index contributed by atoms with van der Waals surface area (Å²) in [5, 5.41) is 23.3. The van der Waals surface area contributed by atoms with Crippen LogP contribution in [0.3, 0.4) is 0 Å². The van der Waals surface area contributed by atoms with Crippen molar-refractivity contribution in [1.82, 2.24) is 0 Å². The Balaban J connectivity index is 1.73. The number of carboxylic acids is 1. The van der Waals surface area contributed by atoms with Crippen molar-refractivity contribution in [3.63, 3.8) is 0 Å². The zero-order chi connectivity index (χ0) is 31.1. The second kappa shape index (κ2) is 21.6. The number of nitro benzene ring substituents is 1. The van der Waals surface area contributed by atoms with E-state index in [0.717, 1.165) is 19.3 Å². The van der Waals surface area contributed by atoms with E-state index in [2.05, 4.69) is 35.9 Å². The molecule has 0 fully saturated rings. The predicted octanol–water partition coefficient (Wildman–Crippen LogP) is 8.90. The molecule has 0 saturated heterocycles. The summed E-state index contributed by atoms with van der Waals surface area (Å²) >= 11 is 0. The number of rotatable bonds is 20. The number of nitro groups is 1. The average molecular weight is 587 g/mol. The van der Waals surface area contributed by atoms with Crippen LogP contribution in [-0.2, 0) is 9.59 Å². The molecule has 0 aliphatic rings. The van der Waals surface area contributed by atoms with Gasteiger partial charge in [-0.2, -0.15) is 0 Å². The number of hydrogen-bond donors (Lipinski definition) is 2. The standard InChI is InChI=1S/C36H46N2O5/c1-2-3-4-5-6-7-8-9-10-11-12-13-14-15-16-27-33(36(40)41)35(39)37-34-28-20-19-25-31(34)24-18-17-22-30-23-21-26-32(29-30)38(42)43/h19-21,23,25-26,28-29,33H,2-16,27H2,1H3,(H,37,39)(H,40,41). The molecular weight excluding hydrogens is 540 g/mol. The number of carbonyl (C=O) groups excluding carboxylic acids is 1. The summed E-state index contributed by atoms with van der Waals surface area (Å²) in [4.78, 5) is 35.2. The van der Waals surface area contributed by atoms with Gasteiger partial charge in [0.25, 0.3) is 5.69 Å². The van der Waals surface area contributed by atoms with Gasteiger partial charge in [0.15, 0.2) is 0 Å². The minimum Gasteiger partial charge on any atom is -0.481 e. The van der Waals surface area contributed by atoms with Crippen molar-refractivity contribution in [3.05, 3.63) is 69.8 Å². The number of nitrogens with zero attached hydrogens (tertiary/aromatic N) is 1. The van der Waals surface area contributed by atoms with Crippen molar-refractivity contribution in [3.8, 4) is 23.7 Å². The lowest BCUT2D eigenvalue weighted by atomic mass is 9.98. The normalized spacial score (nSPS) is 11.0. The van der Waals surface area contributed by atoms with E-state index in [4.69, 9.17) is 0 Å². The number of hydrogen-bond acceptors (Lipinski definition) is 4. The van der Waals surface area contributed by atoms with E-state index in [1.807, 2.05) is 0 Å². The Labute approximate surface area is 257 Å². The van der Waals surface area contributed by atoms with Gasteiger partial charge >= 0.3 is 5.97 Å². The third kappa shape index (κ3) is 15.1. The minimum absolute atomic E-state index is 0.0508. The second-order valence-corrected chi connectivity index (χ2v) is 11.0. The summed E-state index contributed by atoms with van der Waals surface area (Å²) in [6.45, 7) is 2.25. The maximum atomic E-state index is 12.9. The molecule has 1 amide bonds. The Morgan fingerprint density at radius 3 is 1.93 bits per heavy atom. The summed E-state index contributed by atoms with van der Waals surface area (Å²) < 4.78 is 0. The fourth-order valence-corrected chi connectivity index (χ4v) is 4.91. The summed E-state index contributed by atoms with van der Waals surface area (Å²) in [5.74, 6) is 8.20. The molecule has 1 atom stereocenters. The van der Waals surface area contributed by atoms with Crippen LogP contribution in [0.2, 0.25) is 0 Å². The Hall–Kier alpha value is -4.10. The van der Waals surface area contributed by atoms with Crippen LogP contribution >= 0.6 is 0 Å². The zero-order valence-corrected chi connectivity index (χ0v) is 25.5. The fraction of sp³-hybridized carbons (Fsp3) is 0.500. The fourth-order valence-electron chi connectivity index (χ4n) is 4.91. The average Bonchev–Trinajstić information content (AvgIpc) is 2.99. The number of carbonyl (C=O) groups is 2. The molecule has 2 rings (SSSR count). The molecule has 230 valence electrons. The molecular formula is C36H46N2O5. The van der Waals surface area contributed by atoms with Gasteiger partial charge in [-0.25, -0.2) is 0 Å². The number of aliphatic carboxylic acids is 1. The van der Waals surface area contributed by atoms with E-state index >= 15 is 0 Å². The maximum absolute atomic E-state index is 12.9. The topological polar surface area (TPSA) is 110 Å². The van der Waals surface area contributed by atoms with Crippen molar-refractivity contribution < 1.29 is 19.6 Å². The van der Waals surface area contributed by atoms with Crippen molar-refractivity contribution >= 4 is 23.3 Å². The molecule has 0 radical (unpaired) electrons. The van der Waals surface area contributed by atoms with Crippen LogP contribution in [0.5, 0.6) is 0 Å². The lowest BCUT2D eigenvalue weighted by molar-refractivity contribution is -0.384. The quantitative estimate of drug-likeness (QED) is 0.0529. The SMILES string of the molecule is CCCCCCCCCCCCCCCCCC(C(=O)O)C(=O)Nc1ccccc1C#CC#Cc1cccc([N+](=O)[O-])c1. The molecule has 7 nitrogen and oxygen atoms in total. The molecule has 0 heterocycles. The molecule has 2 aromatic rings. The van der Waals surface area contributed by atoms with E-state index in [0.29, 0.717) is 29.7 Å². The van der Waals surface area contributed by atoms with E-state index in [-0.39, 0.29) is 5.69 Å². The first-order valence-corrected chi connectivity index (χ1v) is 15.8. The summed E-state index contributed by atoms with van der Waals surface area (Å²) in [6, 6.07) is 12.8. The Morgan fingerprint density at radius 1 is 0.791 bits per heavy atom. The minimum atomic E-state index is -1.13. The van der Waals surface area contributed by atoms with Crippen LogP contribution in [-0.4, -0.2) is 21.9 Å². The van der Waals surface area contributed by atoms with Crippen LogP contribution in [0.25, 0.3) is 0 Å². The molecule has 0 spiro atoms. The van der Waals surface area contributed by atoms with Crippen molar-refractivity contribution in [1.29, 1.82) is 0 Å². The number of amides is 1. The molecule has 7 heteroatoms. The number of anilines is 1. The third-order valence-corrected chi connectivity index (χ3v) is 7.42. The lowest BCUT2D eigenvalue weighted by Crippen LogP contribution is -2.29. The van der Waals surface area contributed by atoms with Gasteiger partial charge in [-0.05, 0) is 36.5 Å². The van der Waals surface area contributed by atoms with E-state index in [9.17, 15) is 24.8 Å². The van der Waals surface area contributed by atoms with Gasteiger partial charge in [-0.15, -0.1) is 0 Å². The number of non-ortho nitro benzene ring substituents is 1. The molecule has 1 unspecified atom stereocenters. The highest BCUT2D eigenvalue weighted by Gasteiger charge is 2.26. The van der Waals surface area contributed by atoms with Crippen molar-refractivity contribution in [2.45, 2.75) is 110 Å². The highest BCUT2D eigenvalue weighted by molar-refractivity contribution is 6.04. The van der Waals surface area contributed by atoms with Crippen LogP contribution in [0.15, 0.2) is 48.5 Å². The highest BCUT2D eigenvalue weighted by atomic mass is 16.6.